The Bertz CT molecular complexity index is 815. The van der Waals surface area contributed by atoms with Crippen molar-refractivity contribution in [3.63, 3.8) is 0 Å². The van der Waals surface area contributed by atoms with Crippen molar-refractivity contribution in [2.75, 3.05) is 19.8 Å². The first kappa shape index (κ1) is 18.0. The highest BCUT2D eigenvalue weighted by Gasteiger charge is 2.25. The number of aromatic nitrogens is 1. The van der Waals surface area contributed by atoms with Crippen molar-refractivity contribution in [2.45, 2.75) is 19.3 Å². The zero-order valence-corrected chi connectivity index (χ0v) is 15.9. The van der Waals surface area contributed by atoms with E-state index in [9.17, 15) is 4.79 Å². The van der Waals surface area contributed by atoms with Gasteiger partial charge in [0.15, 0.2) is 11.5 Å². The maximum Gasteiger partial charge on any atom is 0.268 e. The molecule has 0 aliphatic carbocycles. The Hall–Kier alpha value is -1.85. The van der Waals surface area contributed by atoms with Crippen LogP contribution in [0.25, 0.3) is 0 Å². The van der Waals surface area contributed by atoms with E-state index in [-0.39, 0.29) is 11.3 Å². The van der Waals surface area contributed by atoms with Crippen LogP contribution in [0.4, 0.5) is 0 Å². The van der Waals surface area contributed by atoms with E-state index in [1.54, 1.807) is 17.7 Å². The van der Waals surface area contributed by atoms with E-state index in [0.717, 1.165) is 17.1 Å². The standard InChI is InChI=1S/C18H20Cl2N2O3/c1-18(2,11-4-5-14-15(8-11)25-7-6-24-14)10-21-17(23)13-9-12(19)16(20)22(13)3/h4-5,8-9H,6-7,10H2,1-3H3,(H,21,23). The molecule has 0 spiro atoms. The molecule has 134 valence electrons. The van der Waals surface area contributed by atoms with Crippen LogP contribution in [0.1, 0.15) is 29.9 Å². The minimum Gasteiger partial charge on any atom is -0.486 e. The minimum absolute atomic E-state index is 0.220. The Balaban J connectivity index is 1.73. The first-order valence-electron chi connectivity index (χ1n) is 7.98. The lowest BCUT2D eigenvalue weighted by Gasteiger charge is -2.28. The van der Waals surface area contributed by atoms with Crippen LogP contribution >= 0.6 is 23.2 Å². The predicted octanol–water partition coefficient (Wildman–Crippen LogP) is 3.81. The van der Waals surface area contributed by atoms with Gasteiger partial charge in [-0.2, -0.15) is 0 Å². The molecular weight excluding hydrogens is 363 g/mol. The number of rotatable bonds is 4. The fourth-order valence-electron chi connectivity index (χ4n) is 2.72. The van der Waals surface area contributed by atoms with Gasteiger partial charge in [-0.15, -0.1) is 0 Å². The van der Waals surface area contributed by atoms with E-state index in [1.807, 2.05) is 18.2 Å². The zero-order chi connectivity index (χ0) is 18.2. The zero-order valence-electron chi connectivity index (χ0n) is 14.4. The number of ether oxygens (including phenoxy) is 2. The van der Waals surface area contributed by atoms with Crippen molar-refractivity contribution >= 4 is 29.1 Å². The summed E-state index contributed by atoms with van der Waals surface area (Å²) in [6, 6.07) is 7.44. The second kappa shape index (κ2) is 6.81. The maximum atomic E-state index is 12.4. The van der Waals surface area contributed by atoms with Gasteiger partial charge in [-0.05, 0) is 23.8 Å². The van der Waals surface area contributed by atoms with Crippen LogP contribution in [0.5, 0.6) is 11.5 Å². The van der Waals surface area contributed by atoms with Crippen LogP contribution in [-0.4, -0.2) is 30.2 Å². The fraction of sp³-hybridized carbons (Fsp3) is 0.389. The molecule has 1 aromatic heterocycles. The average molecular weight is 383 g/mol. The summed E-state index contributed by atoms with van der Waals surface area (Å²) in [5.41, 5.74) is 1.19. The highest BCUT2D eigenvalue weighted by atomic mass is 35.5. The first-order valence-corrected chi connectivity index (χ1v) is 8.74. The van der Waals surface area contributed by atoms with Gasteiger partial charge in [0.05, 0.1) is 5.02 Å². The lowest BCUT2D eigenvalue weighted by atomic mass is 9.84. The van der Waals surface area contributed by atoms with Crippen molar-refractivity contribution in [1.29, 1.82) is 0 Å². The van der Waals surface area contributed by atoms with E-state index in [4.69, 9.17) is 32.7 Å². The molecular formula is C18H20Cl2N2O3. The Labute approximate surface area is 156 Å². The highest BCUT2D eigenvalue weighted by Crippen LogP contribution is 2.35. The Morgan fingerprint density at radius 2 is 1.88 bits per heavy atom. The molecule has 1 N–H and O–H groups in total. The number of hydrogen-bond donors (Lipinski definition) is 1. The third-order valence-electron chi connectivity index (χ3n) is 4.36. The summed E-state index contributed by atoms with van der Waals surface area (Å²) in [6.07, 6.45) is 0. The SMILES string of the molecule is Cn1c(C(=O)NCC(C)(C)c2ccc3c(c2)OCCO3)cc(Cl)c1Cl. The van der Waals surface area contributed by atoms with Crippen molar-refractivity contribution in [3.8, 4) is 11.5 Å². The fourth-order valence-corrected chi connectivity index (χ4v) is 3.09. The molecule has 0 saturated carbocycles. The largest absolute Gasteiger partial charge is 0.486 e. The van der Waals surface area contributed by atoms with E-state index < -0.39 is 0 Å². The molecule has 1 aromatic carbocycles. The summed E-state index contributed by atoms with van der Waals surface area (Å²) in [7, 11) is 1.70. The quantitative estimate of drug-likeness (QED) is 0.874. The molecule has 7 heteroatoms. The smallest absolute Gasteiger partial charge is 0.268 e. The van der Waals surface area contributed by atoms with Crippen molar-refractivity contribution in [1.82, 2.24) is 9.88 Å². The number of benzene rings is 1. The number of carbonyl (C=O) groups excluding carboxylic acids is 1. The number of amides is 1. The minimum atomic E-state index is -0.287. The average Bonchev–Trinajstić information content (AvgIpc) is 2.87. The number of nitrogens with zero attached hydrogens (tertiary/aromatic N) is 1. The van der Waals surface area contributed by atoms with Crippen molar-refractivity contribution in [3.05, 3.63) is 45.7 Å². The second-order valence-electron chi connectivity index (χ2n) is 6.65. The van der Waals surface area contributed by atoms with Crippen LogP contribution in [-0.2, 0) is 12.5 Å². The monoisotopic (exact) mass is 382 g/mol. The number of fused-ring (bicyclic) bond motifs is 1. The second-order valence-corrected chi connectivity index (χ2v) is 7.42. The van der Waals surface area contributed by atoms with Crippen LogP contribution in [0, 0.1) is 0 Å². The molecule has 0 radical (unpaired) electrons. The van der Waals surface area contributed by atoms with E-state index in [0.29, 0.717) is 35.6 Å². The third kappa shape index (κ3) is 3.58. The topological polar surface area (TPSA) is 52.5 Å². The van der Waals surface area contributed by atoms with Gasteiger partial charge in [0.2, 0.25) is 0 Å². The molecule has 2 aromatic rings. The van der Waals surface area contributed by atoms with Gasteiger partial charge in [0.1, 0.15) is 24.1 Å². The number of carbonyl (C=O) groups is 1. The van der Waals surface area contributed by atoms with Crippen LogP contribution in [0.3, 0.4) is 0 Å². The van der Waals surface area contributed by atoms with Gasteiger partial charge in [-0.25, -0.2) is 0 Å². The van der Waals surface area contributed by atoms with Crippen LogP contribution in [0.15, 0.2) is 24.3 Å². The molecule has 5 nitrogen and oxygen atoms in total. The molecule has 0 saturated heterocycles. The number of nitrogens with one attached hydrogen (secondary N) is 1. The molecule has 1 aliphatic heterocycles. The summed E-state index contributed by atoms with van der Waals surface area (Å²) in [6.45, 7) is 5.68. The van der Waals surface area contributed by atoms with Gasteiger partial charge >= 0.3 is 0 Å². The molecule has 0 atom stereocenters. The van der Waals surface area contributed by atoms with Gasteiger partial charge in [-0.3, -0.25) is 4.79 Å². The lowest BCUT2D eigenvalue weighted by Crippen LogP contribution is -2.37. The molecule has 0 fully saturated rings. The van der Waals surface area contributed by atoms with Crippen molar-refractivity contribution < 1.29 is 14.3 Å². The number of halogens is 2. The summed E-state index contributed by atoms with van der Waals surface area (Å²) in [5.74, 6) is 1.27. The Morgan fingerprint density at radius 3 is 2.52 bits per heavy atom. The van der Waals surface area contributed by atoms with Crippen LogP contribution < -0.4 is 14.8 Å². The molecule has 1 aliphatic rings. The Morgan fingerprint density at radius 1 is 1.20 bits per heavy atom. The van der Waals surface area contributed by atoms with Gasteiger partial charge in [-0.1, -0.05) is 43.1 Å². The van der Waals surface area contributed by atoms with Crippen LogP contribution in [0.2, 0.25) is 10.2 Å². The van der Waals surface area contributed by atoms with E-state index in [2.05, 4.69) is 19.2 Å². The molecule has 0 bridgehead atoms. The highest BCUT2D eigenvalue weighted by molar-refractivity contribution is 6.41. The molecule has 3 rings (SSSR count). The molecule has 2 heterocycles. The Kier molecular flexibility index (Phi) is 4.89. The maximum absolute atomic E-state index is 12.4. The third-order valence-corrected chi connectivity index (χ3v) is 5.21. The van der Waals surface area contributed by atoms with E-state index in [1.165, 1.54) is 0 Å². The van der Waals surface area contributed by atoms with Gasteiger partial charge in [0, 0.05) is 19.0 Å². The van der Waals surface area contributed by atoms with Crippen molar-refractivity contribution in [2.24, 2.45) is 7.05 Å². The van der Waals surface area contributed by atoms with Gasteiger partial charge < -0.3 is 19.4 Å². The first-order chi connectivity index (χ1) is 11.8. The molecule has 25 heavy (non-hydrogen) atoms. The summed E-state index contributed by atoms with van der Waals surface area (Å²) in [4.78, 5) is 12.4. The lowest BCUT2D eigenvalue weighted by molar-refractivity contribution is 0.0937. The summed E-state index contributed by atoms with van der Waals surface area (Å²) in [5, 5.41) is 3.66. The summed E-state index contributed by atoms with van der Waals surface area (Å²) >= 11 is 12.0. The van der Waals surface area contributed by atoms with Gasteiger partial charge in [0.25, 0.3) is 5.91 Å². The molecule has 1 amide bonds. The van der Waals surface area contributed by atoms with E-state index >= 15 is 0 Å². The normalized spacial score (nSPS) is 13.6. The predicted molar refractivity (Wildman–Crippen MR) is 98.2 cm³/mol. The molecule has 0 unspecified atom stereocenters. The number of hydrogen-bond acceptors (Lipinski definition) is 3. The summed E-state index contributed by atoms with van der Waals surface area (Å²) < 4.78 is 12.8.